The van der Waals surface area contributed by atoms with Crippen LogP contribution in [0.5, 0.6) is 0 Å². The summed E-state index contributed by atoms with van der Waals surface area (Å²) in [5.41, 5.74) is 2.41. The molecule has 1 N–H and O–H groups in total. The summed E-state index contributed by atoms with van der Waals surface area (Å²) in [6, 6.07) is 5.02. The summed E-state index contributed by atoms with van der Waals surface area (Å²) < 4.78 is 34.8. The second-order valence-electron chi connectivity index (χ2n) is 8.25. The molecule has 2 aliphatic rings. The van der Waals surface area contributed by atoms with E-state index < -0.39 is 10.0 Å². The minimum absolute atomic E-state index is 0.0896. The van der Waals surface area contributed by atoms with E-state index in [-0.39, 0.29) is 22.6 Å². The van der Waals surface area contributed by atoms with Gasteiger partial charge in [0.25, 0.3) is 0 Å². The largest absolute Gasteiger partial charge is 0.379 e. The zero-order valence-corrected chi connectivity index (χ0v) is 19.6. The number of amides is 1. The Morgan fingerprint density at radius 2 is 1.97 bits per heavy atom. The summed E-state index contributed by atoms with van der Waals surface area (Å²) in [5, 5.41) is 7.22. The molecule has 0 bridgehead atoms. The first-order valence-corrected chi connectivity index (χ1v) is 12.6. The molecule has 0 unspecified atom stereocenters. The Bertz CT molecular complexity index is 1070. The number of sulfonamides is 1. The average Bonchev–Trinajstić information content (AvgIpc) is 3.49. The highest BCUT2D eigenvalue weighted by Gasteiger charge is 2.45. The van der Waals surface area contributed by atoms with Crippen LogP contribution in [0.15, 0.2) is 35.5 Å². The second kappa shape index (κ2) is 9.21. The number of ether oxygens (including phenoxy) is 1. The number of aryl methyl sites for hydroxylation is 1. The third kappa shape index (κ3) is 4.53. The van der Waals surface area contributed by atoms with Crippen LogP contribution in [0.1, 0.15) is 31.7 Å². The molecular weight excluding hydrogens is 430 g/mol. The molecule has 1 aromatic heterocycles. The summed E-state index contributed by atoms with van der Waals surface area (Å²) in [6.45, 7) is 7.00. The SMILES string of the molecule is CCN(CC)c1ccc(S(=O)(=O)N2CCOCC2)cc1NC(=O)[C@@H]1C[C@H]1c1cnn(C)c1. The van der Waals surface area contributed by atoms with Crippen molar-refractivity contribution in [1.29, 1.82) is 0 Å². The van der Waals surface area contributed by atoms with Crippen LogP contribution in [0.4, 0.5) is 11.4 Å². The second-order valence-corrected chi connectivity index (χ2v) is 10.2. The number of hydrogen-bond acceptors (Lipinski definition) is 6. The lowest BCUT2D eigenvalue weighted by atomic mass is 10.2. The molecule has 1 aliphatic carbocycles. The van der Waals surface area contributed by atoms with Gasteiger partial charge in [0.05, 0.1) is 35.7 Å². The van der Waals surface area contributed by atoms with Crippen LogP contribution in [0.2, 0.25) is 0 Å². The number of aromatic nitrogens is 2. The monoisotopic (exact) mass is 461 g/mol. The van der Waals surface area contributed by atoms with E-state index in [1.54, 1.807) is 29.1 Å². The van der Waals surface area contributed by atoms with Crippen LogP contribution in [0, 0.1) is 5.92 Å². The van der Waals surface area contributed by atoms with Crippen molar-refractivity contribution in [3.05, 3.63) is 36.2 Å². The Morgan fingerprint density at radius 3 is 2.59 bits per heavy atom. The third-order valence-corrected chi connectivity index (χ3v) is 8.11. The number of hydrogen-bond donors (Lipinski definition) is 1. The fourth-order valence-electron chi connectivity index (χ4n) is 4.26. The van der Waals surface area contributed by atoms with Crippen molar-refractivity contribution >= 4 is 27.3 Å². The Hall–Kier alpha value is -2.43. The summed E-state index contributed by atoms with van der Waals surface area (Å²) >= 11 is 0. The molecule has 1 saturated heterocycles. The van der Waals surface area contributed by atoms with Gasteiger partial charge in [-0.05, 0) is 49.9 Å². The topological polar surface area (TPSA) is 96.8 Å². The molecule has 2 aromatic rings. The van der Waals surface area contributed by atoms with Crippen molar-refractivity contribution in [1.82, 2.24) is 14.1 Å². The van der Waals surface area contributed by atoms with Crippen LogP contribution < -0.4 is 10.2 Å². The predicted molar refractivity (Wildman–Crippen MR) is 122 cm³/mol. The van der Waals surface area contributed by atoms with E-state index in [2.05, 4.69) is 15.3 Å². The maximum atomic E-state index is 13.2. The Morgan fingerprint density at radius 1 is 1.25 bits per heavy atom. The van der Waals surface area contributed by atoms with Crippen LogP contribution >= 0.6 is 0 Å². The molecule has 0 spiro atoms. The van der Waals surface area contributed by atoms with E-state index in [9.17, 15) is 13.2 Å². The highest BCUT2D eigenvalue weighted by atomic mass is 32.2. The van der Waals surface area contributed by atoms with E-state index in [4.69, 9.17) is 4.74 Å². The number of rotatable bonds is 8. The number of nitrogens with one attached hydrogen (secondary N) is 1. The summed E-state index contributed by atoms with van der Waals surface area (Å²) in [4.78, 5) is 15.3. The standard InChI is InChI=1S/C22H31N5O4S/c1-4-26(5-2)21-7-6-17(32(29,30)27-8-10-31-11-9-27)12-20(21)24-22(28)19-13-18(19)16-14-23-25(3)15-16/h6-7,12,14-15,18-19H,4-5,8-11,13H2,1-3H3,(H,24,28)/t18-,19+/m0/s1. The Kier molecular flexibility index (Phi) is 6.55. The van der Waals surface area contributed by atoms with Gasteiger partial charge in [0.2, 0.25) is 15.9 Å². The van der Waals surface area contributed by atoms with Crippen molar-refractivity contribution in [2.45, 2.75) is 31.1 Å². The summed E-state index contributed by atoms with van der Waals surface area (Å²) in [7, 11) is -1.80. The molecule has 4 rings (SSSR count). The van der Waals surface area contributed by atoms with E-state index >= 15 is 0 Å². The van der Waals surface area contributed by atoms with E-state index in [1.807, 2.05) is 27.1 Å². The van der Waals surface area contributed by atoms with Gasteiger partial charge < -0.3 is 15.0 Å². The van der Waals surface area contributed by atoms with Gasteiger partial charge in [-0.3, -0.25) is 9.48 Å². The van der Waals surface area contributed by atoms with Crippen LogP contribution in [0.3, 0.4) is 0 Å². The lowest BCUT2D eigenvalue weighted by Crippen LogP contribution is -2.40. The molecule has 1 amide bonds. The molecule has 1 saturated carbocycles. The Labute approximate surface area is 189 Å². The summed E-state index contributed by atoms with van der Waals surface area (Å²) in [5.74, 6) is -0.0719. The third-order valence-electron chi connectivity index (χ3n) is 6.22. The van der Waals surface area contributed by atoms with Crippen LogP contribution in [0.25, 0.3) is 0 Å². The quantitative estimate of drug-likeness (QED) is 0.646. The molecule has 9 nitrogen and oxygen atoms in total. The van der Waals surface area contributed by atoms with Crippen LogP contribution in [-0.2, 0) is 26.6 Å². The number of carbonyl (C=O) groups excluding carboxylic acids is 1. The molecule has 2 atom stereocenters. The smallest absolute Gasteiger partial charge is 0.243 e. The molecule has 10 heteroatoms. The number of carbonyl (C=O) groups is 1. The van der Waals surface area contributed by atoms with Gasteiger partial charge in [0, 0.05) is 45.3 Å². The molecule has 0 radical (unpaired) electrons. The maximum absolute atomic E-state index is 13.2. The fraction of sp³-hybridized carbons (Fsp3) is 0.545. The summed E-state index contributed by atoms with van der Waals surface area (Å²) in [6.07, 6.45) is 4.51. The first kappa shape index (κ1) is 22.8. The number of morpholine rings is 1. The zero-order valence-electron chi connectivity index (χ0n) is 18.8. The number of nitrogens with zero attached hydrogens (tertiary/aromatic N) is 4. The first-order valence-electron chi connectivity index (χ1n) is 11.1. The fourth-order valence-corrected chi connectivity index (χ4v) is 5.70. The van der Waals surface area contributed by atoms with Crippen molar-refractivity contribution in [3.63, 3.8) is 0 Å². The molecule has 174 valence electrons. The highest BCUT2D eigenvalue weighted by molar-refractivity contribution is 7.89. The lowest BCUT2D eigenvalue weighted by Gasteiger charge is -2.28. The molecule has 1 aliphatic heterocycles. The molecule has 32 heavy (non-hydrogen) atoms. The average molecular weight is 462 g/mol. The van der Waals surface area contributed by atoms with Crippen molar-refractivity contribution < 1.29 is 17.9 Å². The van der Waals surface area contributed by atoms with E-state index in [0.717, 1.165) is 30.8 Å². The molecule has 2 heterocycles. The minimum Gasteiger partial charge on any atom is -0.379 e. The molecule has 2 fully saturated rings. The highest BCUT2D eigenvalue weighted by Crippen LogP contribution is 2.48. The predicted octanol–water partition coefficient (Wildman–Crippen LogP) is 2.03. The van der Waals surface area contributed by atoms with Gasteiger partial charge in [0.15, 0.2) is 0 Å². The van der Waals surface area contributed by atoms with Gasteiger partial charge in [-0.2, -0.15) is 9.40 Å². The Balaban J connectivity index is 1.59. The van der Waals surface area contributed by atoms with Gasteiger partial charge >= 0.3 is 0 Å². The number of benzene rings is 1. The van der Waals surface area contributed by atoms with Crippen molar-refractivity contribution in [2.75, 3.05) is 49.6 Å². The van der Waals surface area contributed by atoms with E-state index in [0.29, 0.717) is 32.0 Å². The number of anilines is 2. The van der Waals surface area contributed by atoms with Gasteiger partial charge in [-0.25, -0.2) is 8.42 Å². The van der Waals surface area contributed by atoms with Gasteiger partial charge in [-0.1, -0.05) is 0 Å². The normalized spacial score (nSPS) is 21.3. The van der Waals surface area contributed by atoms with E-state index in [1.165, 1.54) is 4.31 Å². The molecular formula is C22H31N5O4S. The van der Waals surface area contributed by atoms with Gasteiger partial charge in [0.1, 0.15) is 0 Å². The molecule has 1 aromatic carbocycles. The minimum atomic E-state index is -3.66. The van der Waals surface area contributed by atoms with Crippen molar-refractivity contribution in [3.8, 4) is 0 Å². The zero-order chi connectivity index (χ0) is 22.9. The first-order chi connectivity index (χ1) is 15.3. The van der Waals surface area contributed by atoms with Crippen molar-refractivity contribution in [2.24, 2.45) is 13.0 Å². The van der Waals surface area contributed by atoms with Gasteiger partial charge in [-0.15, -0.1) is 0 Å². The maximum Gasteiger partial charge on any atom is 0.243 e. The van der Waals surface area contributed by atoms with Crippen LogP contribution in [-0.4, -0.2) is 67.8 Å². The lowest BCUT2D eigenvalue weighted by molar-refractivity contribution is -0.117.